The topological polar surface area (TPSA) is 59.8 Å². The van der Waals surface area contributed by atoms with E-state index in [4.69, 9.17) is 0 Å². The third kappa shape index (κ3) is 3.81. The summed E-state index contributed by atoms with van der Waals surface area (Å²) in [6.07, 6.45) is 3.94. The normalized spacial score (nSPS) is 13.8. The number of nitrogens with one attached hydrogen (secondary N) is 1. The second-order valence-electron chi connectivity index (χ2n) is 5.48. The Kier molecular flexibility index (Phi) is 4.94. The Morgan fingerprint density at radius 2 is 2.21 bits per heavy atom. The van der Waals surface area contributed by atoms with Crippen molar-refractivity contribution >= 4 is 23.4 Å². The molecule has 0 radical (unpaired) electrons. The first-order chi connectivity index (χ1) is 11.6. The van der Waals surface area contributed by atoms with Crippen LogP contribution in [-0.4, -0.2) is 26.4 Å². The third-order valence-corrected chi connectivity index (χ3v) is 4.50. The molecule has 1 aromatic carbocycles. The average Bonchev–Trinajstić information content (AvgIpc) is 3.32. The molecule has 0 bridgehead atoms. The Hall–Kier alpha value is -2.22. The van der Waals surface area contributed by atoms with Crippen LogP contribution in [0.25, 0.3) is 0 Å². The molecule has 24 heavy (non-hydrogen) atoms. The van der Waals surface area contributed by atoms with Crippen molar-refractivity contribution in [2.75, 3.05) is 11.1 Å². The van der Waals surface area contributed by atoms with E-state index < -0.39 is 17.5 Å². The molecule has 0 aliphatic heterocycles. The van der Waals surface area contributed by atoms with Crippen molar-refractivity contribution in [2.45, 2.75) is 30.5 Å². The Labute approximate surface area is 142 Å². The van der Waals surface area contributed by atoms with Crippen molar-refractivity contribution in [3.63, 3.8) is 0 Å². The van der Waals surface area contributed by atoms with E-state index in [1.165, 1.54) is 11.8 Å². The van der Waals surface area contributed by atoms with Gasteiger partial charge in [0.25, 0.3) is 0 Å². The SMILES string of the molecule is C=CCn1c(SCC(=O)Nc2cc(F)ccc2F)nnc1C1CC1. The monoisotopic (exact) mass is 350 g/mol. The maximum absolute atomic E-state index is 13.5. The van der Waals surface area contributed by atoms with Gasteiger partial charge in [0.1, 0.15) is 17.5 Å². The number of hydrogen-bond donors (Lipinski definition) is 1. The minimum Gasteiger partial charge on any atom is -0.323 e. The van der Waals surface area contributed by atoms with Gasteiger partial charge in [0, 0.05) is 18.5 Å². The van der Waals surface area contributed by atoms with Gasteiger partial charge in [-0.1, -0.05) is 17.8 Å². The second-order valence-corrected chi connectivity index (χ2v) is 6.42. The molecule has 0 atom stereocenters. The lowest BCUT2D eigenvalue weighted by atomic mass is 10.3. The number of halogens is 2. The molecule has 1 aliphatic rings. The van der Waals surface area contributed by atoms with Gasteiger partial charge >= 0.3 is 0 Å². The van der Waals surface area contributed by atoms with E-state index in [0.717, 1.165) is 36.9 Å². The molecule has 3 rings (SSSR count). The number of thioether (sulfide) groups is 1. The average molecular weight is 350 g/mol. The van der Waals surface area contributed by atoms with Crippen molar-refractivity contribution in [3.8, 4) is 0 Å². The first kappa shape index (κ1) is 16.6. The molecule has 0 unspecified atom stereocenters. The third-order valence-electron chi connectivity index (χ3n) is 3.53. The van der Waals surface area contributed by atoms with E-state index in [1.807, 2.05) is 4.57 Å². The molecule has 1 heterocycles. The minimum atomic E-state index is -0.680. The molecule has 1 amide bonds. The molecule has 126 valence electrons. The number of carbonyl (C=O) groups is 1. The summed E-state index contributed by atoms with van der Waals surface area (Å²) in [6, 6.07) is 2.92. The number of benzene rings is 1. The van der Waals surface area contributed by atoms with Crippen LogP contribution in [0, 0.1) is 11.6 Å². The van der Waals surface area contributed by atoms with Crippen LogP contribution in [0.4, 0.5) is 14.5 Å². The van der Waals surface area contributed by atoms with Crippen molar-refractivity contribution in [3.05, 3.63) is 48.3 Å². The van der Waals surface area contributed by atoms with Gasteiger partial charge < -0.3 is 9.88 Å². The lowest BCUT2D eigenvalue weighted by molar-refractivity contribution is -0.113. The van der Waals surface area contributed by atoms with Gasteiger partial charge in [-0.25, -0.2) is 8.78 Å². The van der Waals surface area contributed by atoms with Gasteiger partial charge in [0.2, 0.25) is 5.91 Å². The number of aromatic nitrogens is 3. The van der Waals surface area contributed by atoms with E-state index >= 15 is 0 Å². The molecule has 1 aliphatic carbocycles. The van der Waals surface area contributed by atoms with Crippen molar-refractivity contribution in [1.29, 1.82) is 0 Å². The van der Waals surface area contributed by atoms with Gasteiger partial charge in [0.05, 0.1) is 11.4 Å². The van der Waals surface area contributed by atoms with Crippen LogP contribution in [0.15, 0.2) is 36.0 Å². The lowest BCUT2D eigenvalue weighted by Gasteiger charge is -2.08. The molecule has 0 saturated heterocycles. The standard InChI is InChI=1S/C16H16F2N4OS/c1-2-7-22-15(10-3-4-10)20-21-16(22)24-9-14(23)19-13-8-11(17)5-6-12(13)18/h2,5-6,8,10H,1,3-4,7,9H2,(H,19,23). The van der Waals surface area contributed by atoms with E-state index in [0.29, 0.717) is 17.6 Å². The molecule has 1 fully saturated rings. The highest BCUT2D eigenvalue weighted by molar-refractivity contribution is 7.99. The summed E-state index contributed by atoms with van der Waals surface area (Å²) < 4.78 is 28.6. The molecule has 1 aromatic heterocycles. The number of rotatable bonds is 7. The van der Waals surface area contributed by atoms with Crippen LogP contribution in [0.3, 0.4) is 0 Å². The summed E-state index contributed by atoms with van der Waals surface area (Å²) in [6.45, 7) is 4.30. The lowest BCUT2D eigenvalue weighted by Crippen LogP contribution is -2.16. The number of anilines is 1. The summed E-state index contributed by atoms with van der Waals surface area (Å²) in [4.78, 5) is 12.0. The minimum absolute atomic E-state index is 0.0237. The number of hydrogen-bond acceptors (Lipinski definition) is 4. The first-order valence-corrected chi connectivity index (χ1v) is 8.48. The van der Waals surface area contributed by atoms with Gasteiger partial charge in [-0.15, -0.1) is 16.8 Å². The van der Waals surface area contributed by atoms with Crippen LogP contribution in [0.1, 0.15) is 24.6 Å². The summed E-state index contributed by atoms with van der Waals surface area (Å²) in [5.74, 6) is -0.364. The molecule has 1 saturated carbocycles. The van der Waals surface area contributed by atoms with Gasteiger partial charge in [-0.05, 0) is 25.0 Å². The van der Waals surface area contributed by atoms with Crippen LogP contribution in [0.2, 0.25) is 0 Å². The Morgan fingerprint density at radius 1 is 1.42 bits per heavy atom. The van der Waals surface area contributed by atoms with E-state index in [1.54, 1.807) is 6.08 Å². The summed E-state index contributed by atoms with van der Waals surface area (Å²) in [5, 5.41) is 11.3. The fourth-order valence-corrected chi connectivity index (χ4v) is 3.02. The van der Waals surface area contributed by atoms with Crippen LogP contribution < -0.4 is 5.32 Å². The molecule has 5 nitrogen and oxygen atoms in total. The van der Waals surface area contributed by atoms with E-state index in [-0.39, 0.29) is 11.4 Å². The maximum atomic E-state index is 13.5. The number of nitrogens with zero attached hydrogens (tertiary/aromatic N) is 3. The van der Waals surface area contributed by atoms with Crippen LogP contribution in [0.5, 0.6) is 0 Å². The van der Waals surface area contributed by atoms with Crippen molar-refractivity contribution in [1.82, 2.24) is 14.8 Å². The summed E-state index contributed by atoms with van der Waals surface area (Å²) >= 11 is 1.20. The van der Waals surface area contributed by atoms with Crippen LogP contribution >= 0.6 is 11.8 Å². The van der Waals surface area contributed by atoms with Crippen molar-refractivity contribution in [2.24, 2.45) is 0 Å². The van der Waals surface area contributed by atoms with Crippen LogP contribution in [-0.2, 0) is 11.3 Å². The summed E-state index contributed by atoms with van der Waals surface area (Å²) in [5.41, 5.74) is -0.174. The largest absolute Gasteiger partial charge is 0.323 e. The predicted molar refractivity (Wildman–Crippen MR) is 87.9 cm³/mol. The summed E-state index contributed by atoms with van der Waals surface area (Å²) in [7, 11) is 0. The fourth-order valence-electron chi connectivity index (χ4n) is 2.26. The smallest absolute Gasteiger partial charge is 0.234 e. The second kappa shape index (κ2) is 7.12. The highest BCUT2D eigenvalue weighted by Gasteiger charge is 2.30. The van der Waals surface area contributed by atoms with E-state index in [9.17, 15) is 13.6 Å². The van der Waals surface area contributed by atoms with Crippen molar-refractivity contribution < 1.29 is 13.6 Å². The highest BCUT2D eigenvalue weighted by atomic mass is 32.2. The number of allylic oxidation sites excluding steroid dienone is 1. The predicted octanol–water partition coefficient (Wildman–Crippen LogP) is 3.35. The molecule has 2 aromatic rings. The quantitative estimate of drug-likeness (QED) is 0.614. The zero-order chi connectivity index (χ0) is 17.1. The number of carbonyl (C=O) groups excluding carboxylic acids is 1. The first-order valence-electron chi connectivity index (χ1n) is 7.50. The zero-order valence-corrected chi connectivity index (χ0v) is 13.7. The van der Waals surface area contributed by atoms with Gasteiger partial charge in [-0.2, -0.15) is 0 Å². The fraction of sp³-hybridized carbons (Fsp3) is 0.312. The number of amides is 1. The molecular formula is C16H16F2N4OS. The Bertz CT molecular complexity index is 773. The molecular weight excluding hydrogens is 334 g/mol. The van der Waals surface area contributed by atoms with Gasteiger partial charge in [-0.3, -0.25) is 4.79 Å². The zero-order valence-electron chi connectivity index (χ0n) is 12.8. The van der Waals surface area contributed by atoms with E-state index in [2.05, 4.69) is 22.1 Å². The Morgan fingerprint density at radius 3 is 2.92 bits per heavy atom. The maximum Gasteiger partial charge on any atom is 0.234 e. The Balaban J connectivity index is 1.64. The van der Waals surface area contributed by atoms with Gasteiger partial charge in [0.15, 0.2) is 5.16 Å². The molecule has 8 heteroatoms. The molecule has 1 N–H and O–H groups in total. The highest BCUT2D eigenvalue weighted by Crippen LogP contribution is 2.40. The molecule has 0 spiro atoms.